The molecule has 3 heterocycles. The topological polar surface area (TPSA) is 30.8 Å². The number of benzene rings is 2. The zero-order valence-corrected chi connectivity index (χ0v) is 31.9. The number of hydrogen-bond donors (Lipinski definition) is 1. The zero-order chi connectivity index (χ0) is 35.0. The van der Waals surface area contributed by atoms with Crippen LogP contribution in [0.15, 0.2) is 95.4 Å². The van der Waals surface area contributed by atoms with Crippen LogP contribution in [0.25, 0.3) is 0 Å². The van der Waals surface area contributed by atoms with Crippen LogP contribution in [-0.4, -0.2) is 63.8 Å². The van der Waals surface area contributed by atoms with Gasteiger partial charge in [-0.1, -0.05) is 103 Å². The number of para-hydroxylation sites is 2. The van der Waals surface area contributed by atoms with Crippen molar-refractivity contribution in [3.63, 3.8) is 0 Å². The smallest absolute Gasteiger partial charge is 0.206 e. The molecule has 1 aliphatic carbocycles. The number of hydrogen-bond acceptors (Lipinski definition) is 4. The molecule has 1 saturated carbocycles. The van der Waals surface area contributed by atoms with Gasteiger partial charge in [-0.3, -0.25) is 0 Å². The van der Waals surface area contributed by atoms with E-state index in [1.54, 1.807) is 14.2 Å². The molecule has 0 bridgehead atoms. The first-order valence-corrected chi connectivity index (χ1v) is 19.0. The van der Waals surface area contributed by atoms with Gasteiger partial charge in [-0.05, 0) is 67.5 Å². The van der Waals surface area contributed by atoms with Gasteiger partial charge in [-0.25, -0.2) is 4.58 Å². The molecule has 2 aromatic rings. The summed E-state index contributed by atoms with van der Waals surface area (Å²) in [6.45, 7) is 20.6. The third-order valence-electron chi connectivity index (χ3n) is 10.9. The van der Waals surface area contributed by atoms with Gasteiger partial charge in [0, 0.05) is 72.1 Å². The largest absolute Gasteiger partial charge is 0.388 e. The van der Waals surface area contributed by atoms with Gasteiger partial charge < -0.3 is 19.9 Å². The average Bonchev–Trinajstić information content (AvgIpc) is 3.46. The number of methoxy groups -OCH3 is 1. The van der Waals surface area contributed by atoms with Crippen molar-refractivity contribution < 1.29 is 9.31 Å². The van der Waals surface area contributed by atoms with E-state index in [4.69, 9.17) is 0 Å². The van der Waals surface area contributed by atoms with Crippen LogP contribution in [0.1, 0.15) is 97.6 Å². The molecule has 0 spiro atoms. The highest BCUT2D eigenvalue weighted by atomic mass is 16.4. The van der Waals surface area contributed by atoms with Gasteiger partial charge in [0.2, 0.25) is 5.71 Å². The molecule has 0 unspecified atom stereocenters. The molecule has 1 N–H and O–H groups in total. The molecule has 264 valence electrons. The summed E-state index contributed by atoms with van der Waals surface area (Å²) < 4.78 is 6.93. The summed E-state index contributed by atoms with van der Waals surface area (Å²) >= 11 is 0. The Morgan fingerprint density at radius 1 is 0.694 bits per heavy atom. The van der Waals surface area contributed by atoms with Crippen molar-refractivity contribution in [2.24, 2.45) is 0 Å². The average molecular weight is 664 g/mol. The minimum absolute atomic E-state index is 0.0145. The predicted octanol–water partition coefficient (Wildman–Crippen LogP) is 9.31. The van der Waals surface area contributed by atoms with E-state index in [0.29, 0.717) is 0 Å². The fourth-order valence-electron chi connectivity index (χ4n) is 8.29. The van der Waals surface area contributed by atoms with Crippen LogP contribution < -0.4 is 15.1 Å². The molecule has 2 aromatic carbocycles. The number of piperazine rings is 1. The SMILES string of the molecule is CCCCN1/C(=C/C=C2\CCC/C(=C\C=C3\N(CCCC)c4ccccc4C3(C)C)C2=[N+]2CCNCC2)C(C)(C)c2ccccc21.COC. The summed E-state index contributed by atoms with van der Waals surface area (Å²) in [5, 5.41) is 3.60. The van der Waals surface area contributed by atoms with E-state index in [9.17, 15) is 0 Å². The number of fused-ring (bicyclic) bond motifs is 2. The van der Waals surface area contributed by atoms with Crippen molar-refractivity contribution in [3.05, 3.63) is 107 Å². The first kappa shape index (κ1) is 36.9. The quantitative estimate of drug-likeness (QED) is 0.285. The summed E-state index contributed by atoms with van der Waals surface area (Å²) in [5.74, 6) is 0. The lowest BCUT2D eigenvalue weighted by Gasteiger charge is -2.28. The standard InChI is InChI=1S/C42H57N4.C2H6O/c1-7-9-28-45-36-20-13-11-18-34(36)41(3,4)38(45)24-22-32-16-15-17-33(40(32)44-30-26-43-27-31-44)23-25-39-42(5,6)35-19-12-14-21-37(35)46(39)29-10-8-2;1-3-2/h11-14,18-25,43H,7-10,15-17,26-31H2,1-6H3;1-2H3/q+1;. The third kappa shape index (κ3) is 7.68. The molecule has 3 aliphatic heterocycles. The molecule has 1 saturated heterocycles. The number of allylic oxidation sites excluding steroid dienone is 8. The van der Waals surface area contributed by atoms with Gasteiger partial charge >= 0.3 is 0 Å². The van der Waals surface area contributed by atoms with Crippen molar-refractivity contribution in [2.45, 2.75) is 97.3 Å². The second-order valence-corrected chi connectivity index (χ2v) is 15.1. The van der Waals surface area contributed by atoms with Crippen molar-refractivity contribution in [1.82, 2.24) is 5.32 Å². The Morgan fingerprint density at radius 2 is 1.12 bits per heavy atom. The van der Waals surface area contributed by atoms with Gasteiger partial charge in [0.25, 0.3) is 0 Å². The number of unbranched alkanes of at least 4 members (excludes halogenated alkanes) is 2. The van der Waals surface area contributed by atoms with Crippen LogP contribution in [0.5, 0.6) is 0 Å². The number of anilines is 2. The molecule has 5 nitrogen and oxygen atoms in total. The Hall–Kier alpha value is -3.41. The molecular weight excluding hydrogens is 601 g/mol. The molecule has 0 atom stereocenters. The summed E-state index contributed by atoms with van der Waals surface area (Å²) in [5.41, 5.74) is 13.0. The van der Waals surface area contributed by atoms with Gasteiger partial charge in [0.05, 0.1) is 13.1 Å². The van der Waals surface area contributed by atoms with Gasteiger partial charge in [0.15, 0.2) is 13.1 Å². The van der Waals surface area contributed by atoms with E-state index in [1.165, 1.54) is 82.9 Å². The predicted molar refractivity (Wildman–Crippen MR) is 210 cm³/mol. The first-order valence-electron chi connectivity index (χ1n) is 19.0. The Bertz CT molecular complexity index is 1490. The minimum Gasteiger partial charge on any atom is -0.388 e. The molecule has 49 heavy (non-hydrogen) atoms. The Morgan fingerprint density at radius 3 is 1.55 bits per heavy atom. The molecule has 6 rings (SSSR count). The van der Waals surface area contributed by atoms with Crippen LogP contribution in [0.2, 0.25) is 0 Å². The normalized spacial score (nSPS) is 22.9. The van der Waals surface area contributed by atoms with Crippen LogP contribution >= 0.6 is 0 Å². The van der Waals surface area contributed by atoms with Gasteiger partial charge in [-0.15, -0.1) is 0 Å². The monoisotopic (exact) mass is 663 g/mol. The molecule has 0 aromatic heterocycles. The number of nitrogens with one attached hydrogen (secondary N) is 1. The fraction of sp³-hybridized carbons (Fsp3) is 0.523. The molecule has 5 heteroatoms. The molecule has 2 fully saturated rings. The lowest BCUT2D eigenvalue weighted by molar-refractivity contribution is -0.531. The van der Waals surface area contributed by atoms with Crippen LogP contribution in [0, 0.1) is 0 Å². The summed E-state index contributed by atoms with van der Waals surface area (Å²) in [6, 6.07) is 18.1. The number of ether oxygens (including phenoxy) is 1. The molecule has 0 amide bonds. The first-order chi connectivity index (χ1) is 23.7. The Balaban J connectivity index is 0.00000151. The van der Waals surface area contributed by atoms with E-state index in [1.807, 2.05) is 0 Å². The van der Waals surface area contributed by atoms with Crippen molar-refractivity contribution in [3.8, 4) is 0 Å². The van der Waals surface area contributed by atoms with E-state index in [0.717, 1.165) is 52.1 Å². The minimum atomic E-state index is -0.0145. The third-order valence-corrected chi connectivity index (χ3v) is 10.9. The zero-order valence-electron chi connectivity index (χ0n) is 31.9. The van der Waals surface area contributed by atoms with Crippen molar-refractivity contribution >= 4 is 17.1 Å². The maximum Gasteiger partial charge on any atom is 0.206 e. The number of nitrogens with zero attached hydrogens (tertiary/aromatic N) is 3. The highest BCUT2D eigenvalue weighted by Crippen LogP contribution is 2.49. The van der Waals surface area contributed by atoms with E-state index < -0.39 is 0 Å². The van der Waals surface area contributed by atoms with Crippen LogP contribution in [0.4, 0.5) is 11.4 Å². The van der Waals surface area contributed by atoms with Crippen LogP contribution in [0.3, 0.4) is 0 Å². The summed E-state index contributed by atoms with van der Waals surface area (Å²) in [6.07, 6.45) is 18.3. The van der Waals surface area contributed by atoms with Gasteiger partial charge in [-0.2, -0.15) is 0 Å². The highest BCUT2D eigenvalue weighted by molar-refractivity contribution is 6.10. The van der Waals surface area contributed by atoms with Crippen molar-refractivity contribution in [2.75, 3.05) is 63.3 Å². The molecular formula is C44H63N4O+. The second kappa shape index (κ2) is 16.5. The van der Waals surface area contributed by atoms with Crippen molar-refractivity contribution in [1.29, 1.82) is 0 Å². The van der Waals surface area contributed by atoms with Gasteiger partial charge in [0.1, 0.15) is 0 Å². The van der Waals surface area contributed by atoms with Crippen LogP contribution in [-0.2, 0) is 15.6 Å². The fourth-order valence-corrected chi connectivity index (χ4v) is 8.29. The molecule has 0 radical (unpaired) electrons. The highest BCUT2D eigenvalue weighted by Gasteiger charge is 2.41. The van der Waals surface area contributed by atoms with E-state index in [-0.39, 0.29) is 10.8 Å². The van der Waals surface area contributed by atoms with E-state index in [2.05, 4.69) is 139 Å². The summed E-state index contributed by atoms with van der Waals surface area (Å²) in [4.78, 5) is 5.21. The Labute approximate surface area is 298 Å². The maximum absolute atomic E-state index is 4.25. The lowest BCUT2D eigenvalue weighted by atomic mass is 9.82. The molecule has 4 aliphatic rings. The number of rotatable bonds is 8. The Kier molecular flexibility index (Phi) is 12.4. The van der Waals surface area contributed by atoms with E-state index >= 15 is 0 Å². The second-order valence-electron chi connectivity index (χ2n) is 15.1. The lowest BCUT2D eigenvalue weighted by Crippen LogP contribution is -2.42. The summed E-state index contributed by atoms with van der Waals surface area (Å²) in [7, 11) is 3.25. The maximum atomic E-state index is 4.25.